The van der Waals surface area contributed by atoms with Gasteiger partial charge in [-0.2, -0.15) is 0 Å². The van der Waals surface area contributed by atoms with Crippen LogP contribution in [0.1, 0.15) is 51.7 Å². The van der Waals surface area contributed by atoms with Crippen molar-refractivity contribution in [2.75, 3.05) is 4.90 Å². The number of nitrogens with zero attached hydrogens (tertiary/aromatic N) is 2. The fourth-order valence-corrected chi connectivity index (χ4v) is 2.72. The molecule has 0 radical (unpaired) electrons. The Morgan fingerprint density at radius 3 is 2.94 bits per heavy atom. The van der Waals surface area contributed by atoms with Crippen LogP contribution in [0.4, 0.5) is 5.82 Å². The van der Waals surface area contributed by atoms with Crippen LogP contribution in [0.25, 0.3) is 0 Å². The van der Waals surface area contributed by atoms with Crippen molar-refractivity contribution in [3.05, 3.63) is 23.9 Å². The number of anilines is 1. The van der Waals surface area contributed by atoms with Gasteiger partial charge in [-0.3, -0.25) is 0 Å². The van der Waals surface area contributed by atoms with Gasteiger partial charge in [0.2, 0.25) is 0 Å². The van der Waals surface area contributed by atoms with Gasteiger partial charge in [0.25, 0.3) is 0 Å². The summed E-state index contributed by atoms with van der Waals surface area (Å²) in [5.41, 5.74) is 0.948. The molecule has 17 heavy (non-hydrogen) atoms. The smallest absolute Gasteiger partial charge is 0.129 e. The van der Waals surface area contributed by atoms with Gasteiger partial charge in [0, 0.05) is 18.3 Å². The summed E-state index contributed by atoms with van der Waals surface area (Å²) >= 11 is 0. The van der Waals surface area contributed by atoms with Crippen molar-refractivity contribution in [2.24, 2.45) is 0 Å². The van der Waals surface area contributed by atoms with Gasteiger partial charge in [-0.25, -0.2) is 4.98 Å². The number of aromatic nitrogens is 1. The lowest BCUT2D eigenvalue weighted by molar-refractivity contribution is 0.199. The fourth-order valence-electron chi connectivity index (χ4n) is 2.72. The van der Waals surface area contributed by atoms with Crippen molar-refractivity contribution in [1.82, 2.24) is 4.98 Å². The molecule has 3 atom stereocenters. The van der Waals surface area contributed by atoms with E-state index in [0.717, 1.165) is 17.8 Å². The van der Waals surface area contributed by atoms with Crippen molar-refractivity contribution in [2.45, 2.75) is 58.2 Å². The summed E-state index contributed by atoms with van der Waals surface area (Å²) in [7, 11) is 0. The molecule has 2 heterocycles. The van der Waals surface area contributed by atoms with Gasteiger partial charge in [0.15, 0.2) is 0 Å². The van der Waals surface area contributed by atoms with Crippen LogP contribution in [0.5, 0.6) is 0 Å². The van der Waals surface area contributed by atoms with E-state index in [1.54, 1.807) is 13.1 Å². The quantitative estimate of drug-likeness (QED) is 0.873. The van der Waals surface area contributed by atoms with Crippen LogP contribution in [0.3, 0.4) is 0 Å². The summed E-state index contributed by atoms with van der Waals surface area (Å²) < 4.78 is 0. The molecule has 3 nitrogen and oxygen atoms in total. The monoisotopic (exact) mass is 234 g/mol. The molecule has 0 aromatic carbocycles. The second-order valence-corrected chi connectivity index (χ2v) is 5.02. The predicted octanol–water partition coefficient (Wildman–Crippen LogP) is 2.90. The van der Waals surface area contributed by atoms with Gasteiger partial charge in [0.1, 0.15) is 5.82 Å². The molecule has 1 aromatic heterocycles. The molecule has 1 aliphatic rings. The molecule has 2 rings (SSSR count). The van der Waals surface area contributed by atoms with Crippen molar-refractivity contribution in [3.63, 3.8) is 0 Å². The Bertz CT molecular complexity index is 378. The second-order valence-electron chi connectivity index (χ2n) is 5.02. The number of rotatable bonds is 3. The molecule has 0 spiro atoms. The van der Waals surface area contributed by atoms with Crippen LogP contribution in [-0.2, 0) is 0 Å². The molecular weight excluding hydrogens is 212 g/mol. The Morgan fingerprint density at radius 1 is 1.53 bits per heavy atom. The van der Waals surface area contributed by atoms with E-state index in [1.807, 2.05) is 12.1 Å². The van der Waals surface area contributed by atoms with Gasteiger partial charge in [-0.15, -0.1) is 0 Å². The molecule has 0 amide bonds. The fraction of sp³-hybridized carbons (Fsp3) is 0.643. The zero-order chi connectivity index (χ0) is 12.4. The summed E-state index contributed by atoms with van der Waals surface area (Å²) in [5.74, 6) is 1.01. The Kier molecular flexibility index (Phi) is 3.67. The number of aliphatic hydroxyl groups excluding tert-OH is 1. The highest BCUT2D eigenvalue weighted by molar-refractivity contribution is 5.45. The molecule has 2 unspecified atom stereocenters. The summed E-state index contributed by atoms with van der Waals surface area (Å²) in [4.78, 5) is 6.88. The first-order valence-electron chi connectivity index (χ1n) is 6.55. The van der Waals surface area contributed by atoms with Gasteiger partial charge < -0.3 is 10.0 Å². The van der Waals surface area contributed by atoms with E-state index >= 15 is 0 Å². The Labute approximate surface area is 103 Å². The van der Waals surface area contributed by atoms with Crippen LogP contribution >= 0.6 is 0 Å². The van der Waals surface area contributed by atoms with Gasteiger partial charge in [-0.05, 0) is 50.8 Å². The minimum Gasteiger partial charge on any atom is -0.389 e. The highest BCUT2D eigenvalue weighted by Crippen LogP contribution is 2.31. The average Bonchev–Trinajstić information content (AvgIpc) is 2.70. The van der Waals surface area contributed by atoms with Crippen molar-refractivity contribution in [1.29, 1.82) is 0 Å². The van der Waals surface area contributed by atoms with E-state index in [4.69, 9.17) is 0 Å². The highest BCUT2D eigenvalue weighted by atomic mass is 16.3. The van der Waals surface area contributed by atoms with E-state index in [-0.39, 0.29) is 0 Å². The summed E-state index contributed by atoms with van der Waals surface area (Å²) in [6.07, 6.45) is 5.02. The zero-order valence-corrected chi connectivity index (χ0v) is 10.9. The molecule has 1 fully saturated rings. The van der Waals surface area contributed by atoms with Gasteiger partial charge >= 0.3 is 0 Å². The maximum absolute atomic E-state index is 9.63. The summed E-state index contributed by atoms with van der Waals surface area (Å²) in [5, 5.41) is 9.63. The normalized spacial score (nSPS) is 26.2. The highest BCUT2D eigenvalue weighted by Gasteiger charge is 2.30. The molecule has 1 aromatic rings. The molecular formula is C14H22N2O. The first-order chi connectivity index (χ1) is 8.13. The minimum atomic E-state index is -0.422. The summed E-state index contributed by atoms with van der Waals surface area (Å²) in [6, 6.07) is 5.06. The molecule has 0 aliphatic carbocycles. The lowest BCUT2D eigenvalue weighted by Crippen LogP contribution is -2.34. The molecule has 1 saturated heterocycles. The van der Waals surface area contributed by atoms with Crippen LogP contribution in [0.2, 0.25) is 0 Å². The van der Waals surface area contributed by atoms with E-state index in [9.17, 15) is 5.11 Å². The number of hydrogen-bond acceptors (Lipinski definition) is 3. The van der Waals surface area contributed by atoms with Crippen molar-refractivity contribution in [3.8, 4) is 0 Å². The molecule has 1 aliphatic heterocycles. The largest absolute Gasteiger partial charge is 0.389 e. The molecule has 1 N–H and O–H groups in total. The van der Waals surface area contributed by atoms with Crippen LogP contribution in [0.15, 0.2) is 18.3 Å². The SMILES string of the molecule is CCC1CCC(C)N1c1cc([C@@H](C)O)ccn1. The van der Waals surface area contributed by atoms with Crippen molar-refractivity contribution < 1.29 is 5.11 Å². The van der Waals surface area contributed by atoms with E-state index in [0.29, 0.717) is 12.1 Å². The number of hydrogen-bond donors (Lipinski definition) is 1. The number of pyridine rings is 1. The van der Waals surface area contributed by atoms with Gasteiger partial charge in [0.05, 0.1) is 6.10 Å². The minimum absolute atomic E-state index is 0.422. The second kappa shape index (κ2) is 5.05. The average molecular weight is 234 g/mol. The lowest BCUT2D eigenvalue weighted by Gasteiger charge is -2.29. The maximum atomic E-state index is 9.63. The molecule has 0 saturated carbocycles. The third kappa shape index (κ3) is 2.44. The van der Waals surface area contributed by atoms with E-state index in [1.165, 1.54) is 12.8 Å². The Hall–Kier alpha value is -1.09. The van der Waals surface area contributed by atoms with Crippen molar-refractivity contribution >= 4 is 5.82 Å². The third-order valence-corrected chi connectivity index (χ3v) is 3.77. The number of aliphatic hydroxyl groups is 1. The molecule has 3 heteroatoms. The topological polar surface area (TPSA) is 36.4 Å². The summed E-state index contributed by atoms with van der Waals surface area (Å²) in [6.45, 7) is 6.28. The van der Waals surface area contributed by atoms with E-state index < -0.39 is 6.10 Å². The first kappa shape index (κ1) is 12.4. The first-order valence-corrected chi connectivity index (χ1v) is 6.55. The van der Waals surface area contributed by atoms with Crippen LogP contribution < -0.4 is 4.90 Å². The maximum Gasteiger partial charge on any atom is 0.129 e. The third-order valence-electron chi connectivity index (χ3n) is 3.77. The predicted molar refractivity (Wildman–Crippen MR) is 70.1 cm³/mol. The Morgan fingerprint density at radius 2 is 2.29 bits per heavy atom. The van der Waals surface area contributed by atoms with Crippen LogP contribution in [-0.4, -0.2) is 22.2 Å². The van der Waals surface area contributed by atoms with Gasteiger partial charge in [-0.1, -0.05) is 6.92 Å². The Balaban J connectivity index is 2.29. The molecule has 0 bridgehead atoms. The lowest BCUT2D eigenvalue weighted by atomic mass is 10.1. The molecule has 94 valence electrons. The van der Waals surface area contributed by atoms with Crippen LogP contribution in [0, 0.1) is 0 Å². The standard InChI is InChI=1S/C14H22N2O/c1-4-13-6-5-10(2)16(13)14-9-12(11(3)17)7-8-15-14/h7-11,13,17H,4-6H2,1-3H3/t10?,11-,13?/m1/s1. The zero-order valence-electron chi connectivity index (χ0n) is 10.9. The van der Waals surface area contributed by atoms with E-state index in [2.05, 4.69) is 23.7 Å².